The van der Waals surface area contributed by atoms with Crippen LogP contribution in [0.1, 0.15) is 69.2 Å². The van der Waals surface area contributed by atoms with Crippen molar-refractivity contribution in [1.82, 2.24) is 31.1 Å². The lowest BCUT2D eigenvalue weighted by Crippen LogP contribution is -2.49. The van der Waals surface area contributed by atoms with Crippen LogP contribution in [0.15, 0.2) is 71.1 Å². The van der Waals surface area contributed by atoms with Crippen molar-refractivity contribution in [3.63, 3.8) is 0 Å². The van der Waals surface area contributed by atoms with E-state index in [-0.39, 0.29) is 11.8 Å². The highest BCUT2D eigenvalue weighted by Crippen LogP contribution is 2.34. The fourth-order valence-electron chi connectivity index (χ4n) is 7.55. The van der Waals surface area contributed by atoms with Crippen molar-refractivity contribution >= 4 is 58.4 Å². The Kier molecular flexibility index (Phi) is 12.6. The van der Waals surface area contributed by atoms with Crippen molar-refractivity contribution in [1.29, 1.82) is 0 Å². The second-order valence-electron chi connectivity index (χ2n) is 13.7. The first-order chi connectivity index (χ1) is 26.5. The number of carbonyl (C=O) groups excluding carboxylic acids is 4. The molecule has 16 heteroatoms. The van der Waals surface area contributed by atoms with Gasteiger partial charge in [0, 0.05) is 30.9 Å². The number of esters is 2. The van der Waals surface area contributed by atoms with Crippen molar-refractivity contribution in [2.24, 2.45) is 0 Å². The maximum absolute atomic E-state index is 13.9. The summed E-state index contributed by atoms with van der Waals surface area (Å²) in [5.41, 5.74) is 3.75. The van der Waals surface area contributed by atoms with Crippen molar-refractivity contribution < 1.29 is 38.1 Å². The van der Waals surface area contributed by atoms with Crippen LogP contribution in [0.4, 0.5) is 0 Å². The lowest BCUT2D eigenvalue weighted by Gasteiger charge is -2.33. The van der Waals surface area contributed by atoms with Gasteiger partial charge >= 0.3 is 11.9 Å². The zero-order valence-corrected chi connectivity index (χ0v) is 32.9. The van der Waals surface area contributed by atoms with Gasteiger partial charge in [-0.05, 0) is 99.4 Å². The van der Waals surface area contributed by atoms with E-state index in [0.29, 0.717) is 103 Å². The van der Waals surface area contributed by atoms with Crippen LogP contribution in [-0.2, 0) is 28.7 Å². The zero-order chi connectivity index (χ0) is 39.2. The van der Waals surface area contributed by atoms with E-state index in [1.807, 2.05) is 48.5 Å². The van der Waals surface area contributed by atoms with E-state index in [1.165, 1.54) is 14.2 Å². The largest absolute Gasteiger partial charge is 0.493 e. The third kappa shape index (κ3) is 8.70. The Labute approximate surface area is 330 Å². The molecule has 4 N–H and O–H groups in total. The Balaban J connectivity index is 1.08. The topological polar surface area (TPSA) is 160 Å². The maximum Gasteiger partial charge on any atom is 0.328 e. The Bertz CT molecular complexity index is 1800. The Morgan fingerprint density at radius 3 is 1.51 bits per heavy atom. The van der Waals surface area contributed by atoms with Crippen LogP contribution in [0, 0.1) is 0 Å². The number of hydrogen-bond donors (Lipinski definition) is 4. The normalized spacial score (nSPS) is 22.3. The number of nitrogens with zero attached hydrogens (tertiary/aromatic N) is 2. The van der Waals surface area contributed by atoms with Gasteiger partial charge in [0.2, 0.25) is 0 Å². The summed E-state index contributed by atoms with van der Waals surface area (Å²) in [4.78, 5) is 55.8. The number of benzene rings is 2. The van der Waals surface area contributed by atoms with E-state index < -0.39 is 36.1 Å². The average molecular weight is 791 g/mol. The van der Waals surface area contributed by atoms with E-state index in [1.54, 1.807) is 23.6 Å². The molecule has 2 fully saturated rings. The van der Waals surface area contributed by atoms with E-state index in [4.69, 9.17) is 43.4 Å². The number of thiocarbonyl (C=S) groups is 2. The first-order valence-electron chi connectivity index (χ1n) is 18.3. The Hall–Kier alpha value is -5.22. The maximum atomic E-state index is 13.9. The summed E-state index contributed by atoms with van der Waals surface area (Å²) in [5, 5.41) is 13.4. The molecule has 0 saturated carbocycles. The minimum absolute atomic E-state index is 0.253. The molecule has 0 bridgehead atoms. The fraction of sp³-hybridized carbons (Fsp3) is 0.436. The summed E-state index contributed by atoms with van der Waals surface area (Å²) in [5.74, 6) is -0.128. The molecule has 0 radical (unpaired) electrons. The van der Waals surface area contributed by atoms with Crippen molar-refractivity contribution in [2.75, 3.05) is 40.5 Å². The standard InChI is InChI=1S/C39H46N6O8S2/c1-22-30(34(46)44-16-7-14-28(44)36(48)50-3)32(42-38(54)40-22)24-10-5-12-26(20-24)52-18-9-19-53-27-13-6-11-25(21-27)33-31(23(2)41-39(55)43-33)35(47)45-17-8-15-29(45)37(49)51-4/h5-6,10-13,20-21,28-29,32-33H,7-9,14-19H2,1-4H3,(H2,40,42,54)(H2,41,43,55)/t28-,29-,32?,33?/m0/s1. The molecule has 2 amide bonds. The number of allylic oxidation sites excluding steroid dienone is 2. The minimum atomic E-state index is -0.629. The second kappa shape index (κ2) is 17.5. The molecule has 2 unspecified atom stereocenters. The molecule has 0 aliphatic carbocycles. The Morgan fingerprint density at radius 2 is 1.11 bits per heavy atom. The highest BCUT2D eigenvalue weighted by atomic mass is 32.1. The third-order valence-electron chi connectivity index (χ3n) is 10.2. The number of amides is 2. The number of rotatable bonds is 12. The van der Waals surface area contributed by atoms with Gasteiger partial charge in [0.1, 0.15) is 23.6 Å². The summed E-state index contributed by atoms with van der Waals surface area (Å²) in [6.07, 6.45) is 3.09. The first-order valence-corrected chi connectivity index (χ1v) is 19.1. The molecule has 292 valence electrons. The summed E-state index contributed by atoms with van der Waals surface area (Å²) in [6.45, 7) is 5.24. The number of methoxy groups -OCH3 is 2. The molecule has 14 nitrogen and oxygen atoms in total. The smallest absolute Gasteiger partial charge is 0.328 e. The van der Waals surface area contributed by atoms with Gasteiger partial charge in [-0.1, -0.05) is 24.3 Å². The molecule has 2 aromatic carbocycles. The Morgan fingerprint density at radius 1 is 0.691 bits per heavy atom. The predicted octanol–water partition coefficient (Wildman–Crippen LogP) is 3.45. The van der Waals surface area contributed by atoms with Crippen LogP contribution in [0.3, 0.4) is 0 Å². The van der Waals surface area contributed by atoms with Gasteiger partial charge in [0.15, 0.2) is 10.2 Å². The van der Waals surface area contributed by atoms with Crippen molar-refractivity contribution in [2.45, 2.75) is 70.1 Å². The molecular formula is C39H46N6O8S2. The van der Waals surface area contributed by atoms with Gasteiger partial charge in [-0.3, -0.25) is 9.59 Å². The number of likely N-dealkylation sites (tertiary alicyclic amines) is 2. The summed E-state index contributed by atoms with van der Waals surface area (Å²) < 4.78 is 22.2. The predicted molar refractivity (Wildman–Crippen MR) is 211 cm³/mol. The number of hydrogen-bond acceptors (Lipinski definition) is 10. The molecule has 0 aromatic heterocycles. The second-order valence-corrected chi connectivity index (χ2v) is 14.5. The SMILES string of the molecule is COC(=O)[C@@H]1CCCN1C(=O)C1=C(C)NC(=S)NC1c1cccc(OCCCOc2cccc(C3NC(=S)NC(C)=C3C(=O)N3CCC[C@H]3C(=O)OC)c2)c1. The molecular weight excluding hydrogens is 745 g/mol. The highest BCUT2D eigenvalue weighted by Gasteiger charge is 2.41. The van der Waals surface area contributed by atoms with Gasteiger partial charge < -0.3 is 50.0 Å². The van der Waals surface area contributed by atoms with Crippen molar-refractivity contribution in [3.05, 3.63) is 82.2 Å². The zero-order valence-electron chi connectivity index (χ0n) is 31.3. The van der Waals surface area contributed by atoms with E-state index in [9.17, 15) is 19.2 Å². The molecule has 4 aliphatic rings. The molecule has 2 saturated heterocycles. The van der Waals surface area contributed by atoms with Gasteiger partial charge in [-0.15, -0.1) is 0 Å². The van der Waals surface area contributed by atoms with Crippen LogP contribution >= 0.6 is 24.4 Å². The summed E-state index contributed by atoms with van der Waals surface area (Å²) >= 11 is 10.9. The summed E-state index contributed by atoms with van der Waals surface area (Å²) in [7, 11) is 2.66. The molecule has 4 atom stereocenters. The quantitative estimate of drug-likeness (QED) is 0.141. The number of nitrogens with one attached hydrogen (secondary N) is 4. The lowest BCUT2D eigenvalue weighted by molar-refractivity contribution is -0.150. The van der Waals surface area contributed by atoms with Crippen LogP contribution in [0.5, 0.6) is 11.5 Å². The molecule has 4 heterocycles. The van der Waals surface area contributed by atoms with E-state index >= 15 is 0 Å². The van der Waals surface area contributed by atoms with Gasteiger partial charge in [-0.25, -0.2) is 9.59 Å². The van der Waals surface area contributed by atoms with Crippen LogP contribution in [0.25, 0.3) is 0 Å². The third-order valence-corrected chi connectivity index (χ3v) is 10.6. The van der Waals surface area contributed by atoms with Gasteiger partial charge in [-0.2, -0.15) is 0 Å². The van der Waals surface area contributed by atoms with Crippen molar-refractivity contribution in [3.8, 4) is 11.5 Å². The van der Waals surface area contributed by atoms with Gasteiger partial charge in [0.25, 0.3) is 11.8 Å². The average Bonchev–Trinajstić information content (AvgIpc) is 3.88. The number of carbonyl (C=O) groups is 4. The molecule has 55 heavy (non-hydrogen) atoms. The highest BCUT2D eigenvalue weighted by molar-refractivity contribution is 7.80. The van der Waals surface area contributed by atoms with Gasteiger partial charge in [0.05, 0.1) is 50.7 Å². The number of ether oxygens (including phenoxy) is 4. The molecule has 6 rings (SSSR count). The molecule has 0 spiro atoms. The van der Waals surface area contributed by atoms with Crippen LogP contribution < -0.4 is 30.7 Å². The van der Waals surface area contributed by atoms with Crippen LogP contribution in [0.2, 0.25) is 0 Å². The summed E-state index contributed by atoms with van der Waals surface area (Å²) in [6, 6.07) is 12.6. The lowest BCUT2D eigenvalue weighted by atomic mass is 9.94. The first kappa shape index (κ1) is 39.5. The van der Waals surface area contributed by atoms with E-state index in [0.717, 1.165) is 11.1 Å². The molecule has 2 aromatic rings. The molecule has 4 aliphatic heterocycles. The van der Waals surface area contributed by atoms with E-state index in [2.05, 4.69) is 21.3 Å². The minimum Gasteiger partial charge on any atom is -0.493 e. The fourth-order valence-corrected chi connectivity index (χ4v) is 8.09. The monoisotopic (exact) mass is 790 g/mol. The van der Waals surface area contributed by atoms with Crippen LogP contribution in [-0.4, -0.2) is 96.4 Å².